The van der Waals surface area contributed by atoms with Gasteiger partial charge < -0.3 is 14.4 Å². The summed E-state index contributed by atoms with van der Waals surface area (Å²) in [6.07, 6.45) is 0. The van der Waals surface area contributed by atoms with E-state index in [0.717, 1.165) is 54.6 Å². The van der Waals surface area contributed by atoms with E-state index in [1.807, 2.05) is 131 Å². The fourth-order valence-electron chi connectivity index (χ4n) is 12.1. The van der Waals surface area contributed by atoms with Gasteiger partial charge in [0.15, 0.2) is 0 Å². The minimum absolute atomic E-state index is 0.00339. The first-order valence-electron chi connectivity index (χ1n) is 35.2. The van der Waals surface area contributed by atoms with Crippen molar-refractivity contribution in [3.63, 3.8) is 0 Å². The second kappa shape index (κ2) is 19.7. The summed E-state index contributed by atoms with van der Waals surface area (Å²) in [5.74, 6) is 0. The van der Waals surface area contributed by atoms with Crippen molar-refractivity contribution in [1.29, 1.82) is 0 Å². The van der Waals surface area contributed by atoms with E-state index < -0.39 is 101 Å². The van der Waals surface area contributed by atoms with E-state index in [0.29, 0.717) is 39.3 Å². The lowest BCUT2D eigenvalue weighted by Crippen LogP contribution is -2.61. The van der Waals surface area contributed by atoms with Crippen molar-refractivity contribution in [1.82, 2.24) is 4.57 Å². The average molecular weight is 1110 g/mol. The number of fused-ring (bicyclic) bond motifs is 7. The van der Waals surface area contributed by atoms with Gasteiger partial charge in [0.05, 0.1) is 41.6 Å². The Morgan fingerprint density at radius 2 is 0.735 bits per heavy atom. The van der Waals surface area contributed by atoms with Gasteiger partial charge in [0.2, 0.25) is 0 Å². The van der Waals surface area contributed by atoms with E-state index in [1.165, 1.54) is 0 Å². The number of rotatable bonds is 7. The molecule has 0 unspecified atom stereocenters. The zero-order valence-electron chi connectivity index (χ0n) is 61.8. The fourth-order valence-corrected chi connectivity index (χ4v) is 12.3. The predicted molar refractivity (Wildman–Crippen MR) is 358 cm³/mol. The van der Waals surface area contributed by atoms with Crippen LogP contribution in [0.3, 0.4) is 0 Å². The molecule has 1 aromatic heterocycles. The number of halogens is 1. The van der Waals surface area contributed by atoms with Gasteiger partial charge in [0.1, 0.15) is 0 Å². The number of anilines is 6. The molecule has 11 aromatic carbocycles. The summed E-state index contributed by atoms with van der Waals surface area (Å²) in [5, 5.41) is -0.827. The largest absolute Gasteiger partial charge is 0.310 e. The summed E-state index contributed by atoms with van der Waals surface area (Å²) in [6, 6.07) is 44.6. The van der Waals surface area contributed by atoms with E-state index in [9.17, 15) is 13.7 Å². The van der Waals surface area contributed by atoms with Crippen LogP contribution in [0.1, 0.15) is 98.2 Å². The molecular weight excluding hydrogens is 1030 g/mol. The molecule has 0 radical (unpaired) electrons. The second-order valence-electron chi connectivity index (χ2n) is 24.8. The molecule has 12 aromatic rings. The molecule has 0 aliphatic carbocycles. The molecule has 0 N–H and O–H groups in total. The molecular formula is C78H67BClN3. The number of aromatic nitrogens is 1. The highest BCUT2D eigenvalue weighted by Crippen LogP contribution is 2.55. The molecule has 2 aliphatic heterocycles. The van der Waals surface area contributed by atoms with Gasteiger partial charge in [0, 0.05) is 66.5 Å². The van der Waals surface area contributed by atoms with E-state index in [2.05, 4.69) is 98.7 Å². The van der Waals surface area contributed by atoms with Gasteiger partial charge in [-0.05, 0) is 144 Å². The van der Waals surface area contributed by atoms with E-state index in [4.69, 9.17) is 17.1 Å². The van der Waals surface area contributed by atoms with Crippen LogP contribution in [0.5, 0.6) is 0 Å². The van der Waals surface area contributed by atoms with E-state index in [-0.39, 0.29) is 61.2 Å². The summed E-state index contributed by atoms with van der Waals surface area (Å²) >= 11 is 7.35. The van der Waals surface area contributed by atoms with Gasteiger partial charge in [-0.25, -0.2) is 0 Å². The first kappa shape index (κ1) is 38.8. The SMILES string of the molecule is [2H]c1c([2H])c2c(c([2H])c1Cl)N(c1c(-c3ccccc3)cc(C(C)(C)C)cc1-c1ccccc1)c1cc(C(C)(C)C)cc3c1B2c1c([2H])c([2H])c(-n2c4c([2H])c([2H])c([2H])c([2H])c4c4c([2H])c([2H])c([2H])c([2H])c42)c([2H])c1N3c1c(-c2ccccc2)cc(C(C)(C)C)cc1-c1ccccc1. The molecule has 83 heavy (non-hydrogen) atoms. The van der Waals surface area contributed by atoms with Crippen LogP contribution in [-0.2, 0) is 16.2 Å². The van der Waals surface area contributed by atoms with Crippen LogP contribution in [0.4, 0.5) is 34.1 Å². The van der Waals surface area contributed by atoms with Crippen molar-refractivity contribution in [2.45, 2.75) is 78.6 Å². The number of hydrogen-bond donors (Lipinski definition) is 0. The molecule has 2 aliphatic rings. The highest BCUT2D eigenvalue weighted by Gasteiger charge is 2.46. The van der Waals surface area contributed by atoms with Gasteiger partial charge in [-0.1, -0.05) is 244 Å². The Labute approximate surface area is 514 Å². The smallest absolute Gasteiger partial charge is 0.252 e. The summed E-state index contributed by atoms with van der Waals surface area (Å²) in [6.45, 7) is 17.9. The zero-order chi connectivity index (χ0) is 69.3. The average Bonchev–Trinajstić information content (AvgIpc) is 1.26. The predicted octanol–water partition coefficient (Wildman–Crippen LogP) is 20.1. The summed E-state index contributed by atoms with van der Waals surface area (Å²) < 4.78 is 140. The first-order chi connectivity index (χ1) is 45.9. The van der Waals surface area contributed by atoms with Crippen LogP contribution in [0, 0.1) is 0 Å². The number of nitrogens with zero attached hydrogens (tertiary/aromatic N) is 3. The van der Waals surface area contributed by atoms with Crippen molar-refractivity contribution in [3.05, 3.63) is 264 Å². The number of benzene rings is 11. The Bertz CT molecular complexity index is 5160. The Morgan fingerprint density at radius 1 is 0.386 bits per heavy atom. The van der Waals surface area contributed by atoms with Crippen LogP contribution in [-0.4, -0.2) is 11.3 Å². The highest BCUT2D eigenvalue weighted by atomic mass is 35.5. The van der Waals surface area contributed by atoms with Crippen LogP contribution in [0.2, 0.25) is 5.02 Å². The van der Waals surface area contributed by atoms with Gasteiger partial charge in [-0.15, -0.1) is 0 Å². The summed E-state index contributed by atoms with van der Waals surface area (Å²) in [4.78, 5) is 4.01. The minimum atomic E-state index is -1.33. The maximum absolute atomic E-state index is 11.4. The molecule has 0 saturated heterocycles. The van der Waals surface area contributed by atoms with Crippen LogP contribution >= 0.6 is 11.6 Å². The number of para-hydroxylation sites is 2. The topological polar surface area (TPSA) is 11.4 Å². The summed E-state index contributed by atoms with van der Waals surface area (Å²) in [7, 11) is 0. The van der Waals surface area contributed by atoms with Gasteiger partial charge >= 0.3 is 0 Å². The highest BCUT2D eigenvalue weighted by molar-refractivity contribution is 7.00. The molecule has 404 valence electrons. The van der Waals surface area contributed by atoms with Crippen molar-refractivity contribution in [3.8, 4) is 50.2 Å². The third kappa shape index (κ3) is 8.81. The maximum Gasteiger partial charge on any atom is 0.252 e. The lowest BCUT2D eigenvalue weighted by Gasteiger charge is -2.46. The zero-order valence-corrected chi connectivity index (χ0v) is 48.6. The lowest BCUT2D eigenvalue weighted by atomic mass is 9.33. The van der Waals surface area contributed by atoms with Crippen LogP contribution < -0.4 is 26.2 Å². The molecule has 14 rings (SSSR count). The molecule has 5 heteroatoms. The first-order valence-corrected chi connectivity index (χ1v) is 28.6. The second-order valence-corrected chi connectivity index (χ2v) is 25.2. The Kier molecular flexibility index (Phi) is 9.20. The third-order valence-corrected chi connectivity index (χ3v) is 16.6. The third-order valence-electron chi connectivity index (χ3n) is 16.4. The normalized spacial score (nSPS) is 15.5. The Hall–Kier alpha value is -8.83. The molecule has 3 nitrogen and oxygen atoms in total. The van der Waals surface area contributed by atoms with Crippen molar-refractivity contribution >= 4 is 90.6 Å². The number of hydrogen-bond acceptors (Lipinski definition) is 2. The van der Waals surface area contributed by atoms with E-state index >= 15 is 0 Å². The minimum Gasteiger partial charge on any atom is -0.310 e. The molecule has 0 bridgehead atoms. The van der Waals surface area contributed by atoms with Crippen LogP contribution in [0.15, 0.2) is 242 Å². The van der Waals surface area contributed by atoms with Gasteiger partial charge in [-0.3, -0.25) is 0 Å². The van der Waals surface area contributed by atoms with Crippen LogP contribution in [0.25, 0.3) is 72.0 Å². The lowest BCUT2D eigenvalue weighted by molar-refractivity contribution is 0.590. The molecule has 0 fully saturated rings. The molecule has 0 spiro atoms. The standard InChI is InChI=1S/C78H67BClN3/c1-76(2,3)54-42-61(50-26-14-10-15-27-50)74(62(43-54)51-28-16-11-17-29-51)82-69-48-57(80)38-40-65(69)79-66-41-39-58(81-67-36-24-22-34-59(67)60-35-23-25-37-68(60)81)49-70(66)83(72-47-56(78(7,8)9)46-71(82)73(72)79)75-63(52-30-18-12-19-31-52)44-55(77(4,5)6)45-64(75)53-32-20-13-21-33-53/h10-49H,1-9H3/i22D,23D,24D,25D,34D,35D,36D,37D,38D,39D,40D,41D,48D,49D. The molecule has 3 heterocycles. The van der Waals surface area contributed by atoms with Gasteiger partial charge in [0.25, 0.3) is 6.71 Å². The monoisotopic (exact) mass is 1110 g/mol. The van der Waals surface area contributed by atoms with Crippen molar-refractivity contribution in [2.75, 3.05) is 9.80 Å². The summed E-state index contributed by atoms with van der Waals surface area (Å²) in [5.41, 5.74) is 9.26. The fraction of sp³-hybridized carbons (Fsp3) is 0.154. The van der Waals surface area contributed by atoms with Crippen molar-refractivity contribution < 1.29 is 19.2 Å². The van der Waals surface area contributed by atoms with Gasteiger partial charge in [-0.2, -0.15) is 0 Å². The van der Waals surface area contributed by atoms with Crippen molar-refractivity contribution in [2.24, 2.45) is 0 Å². The van der Waals surface area contributed by atoms with E-state index in [1.54, 1.807) is 0 Å². The maximum atomic E-state index is 11.4. The Morgan fingerprint density at radius 3 is 1.12 bits per heavy atom. The molecule has 0 saturated carbocycles. The molecule has 0 atom stereocenters. The molecule has 0 amide bonds. The quantitative estimate of drug-likeness (QED) is 0.147. The Balaban J connectivity index is 1.28.